The summed E-state index contributed by atoms with van der Waals surface area (Å²) in [4.78, 5) is 14.0. The van der Waals surface area contributed by atoms with Gasteiger partial charge < -0.3 is 10.6 Å². The van der Waals surface area contributed by atoms with E-state index in [1.54, 1.807) is 4.90 Å². The average molecular weight is 268 g/mol. The molecule has 1 aromatic rings. The maximum Gasteiger partial charge on any atom is 0.257 e. The van der Waals surface area contributed by atoms with Crippen molar-refractivity contribution in [2.75, 3.05) is 13.1 Å². The molecule has 1 amide bonds. The Labute approximate surface area is 111 Å². The molecule has 0 unspecified atom stereocenters. The third-order valence-electron chi connectivity index (χ3n) is 3.56. The molecule has 0 spiro atoms. The molecular formula is C14H18F2N2O. The van der Waals surface area contributed by atoms with Gasteiger partial charge in [-0.3, -0.25) is 4.79 Å². The van der Waals surface area contributed by atoms with Crippen LogP contribution in [-0.2, 0) is 0 Å². The second kappa shape index (κ2) is 6.10. The number of carbonyl (C=O) groups excluding carboxylic acids is 1. The highest BCUT2D eigenvalue weighted by atomic mass is 19.2. The molecule has 1 aromatic carbocycles. The van der Waals surface area contributed by atoms with E-state index < -0.39 is 17.5 Å². The molecule has 104 valence electrons. The van der Waals surface area contributed by atoms with Gasteiger partial charge in [-0.25, -0.2) is 8.78 Å². The molecule has 19 heavy (non-hydrogen) atoms. The van der Waals surface area contributed by atoms with Crippen LogP contribution in [0.25, 0.3) is 0 Å². The van der Waals surface area contributed by atoms with Gasteiger partial charge in [-0.15, -0.1) is 0 Å². The zero-order valence-electron chi connectivity index (χ0n) is 10.7. The first kappa shape index (κ1) is 13.9. The lowest BCUT2D eigenvalue weighted by Crippen LogP contribution is -2.45. The summed E-state index contributed by atoms with van der Waals surface area (Å²) < 4.78 is 26.9. The van der Waals surface area contributed by atoms with Crippen LogP contribution >= 0.6 is 0 Å². The molecule has 1 fully saturated rings. The Morgan fingerprint density at radius 1 is 1.37 bits per heavy atom. The van der Waals surface area contributed by atoms with Crippen LogP contribution in [0.15, 0.2) is 18.2 Å². The Bertz CT molecular complexity index is 461. The largest absolute Gasteiger partial charge is 0.336 e. The van der Waals surface area contributed by atoms with Crippen molar-refractivity contribution in [3.8, 4) is 0 Å². The molecule has 1 aliphatic rings. The molecule has 0 radical (unpaired) electrons. The monoisotopic (exact) mass is 268 g/mol. The van der Waals surface area contributed by atoms with Crippen molar-refractivity contribution >= 4 is 5.91 Å². The summed E-state index contributed by atoms with van der Waals surface area (Å²) in [5.41, 5.74) is 5.27. The quantitative estimate of drug-likeness (QED) is 0.890. The van der Waals surface area contributed by atoms with Gasteiger partial charge >= 0.3 is 0 Å². The zero-order valence-corrected chi connectivity index (χ0v) is 10.7. The first-order chi connectivity index (χ1) is 9.15. The van der Waals surface area contributed by atoms with Gasteiger partial charge in [0.15, 0.2) is 11.6 Å². The molecule has 3 nitrogen and oxygen atoms in total. The van der Waals surface area contributed by atoms with Gasteiger partial charge in [0.25, 0.3) is 5.91 Å². The van der Waals surface area contributed by atoms with E-state index in [9.17, 15) is 13.6 Å². The van der Waals surface area contributed by atoms with Crippen LogP contribution in [0.5, 0.6) is 0 Å². The van der Waals surface area contributed by atoms with E-state index in [2.05, 4.69) is 0 Å². The average Bonchev–Trinajstić information content (AvgIpc) is 2.34. The molecule has 2 rings (SSSR count). The van der Waals surface area contributed by atoms with Crippen molar-refractivity contribution in [1.82, 2.24) is 4.90 Å². The third kappa shape index (κ3) is 2.92. The second-order valence-corrected chi connectivity index (χ2v) is 4.83. The molecule has 0 bridgehead atoms. The van der Waals surface area contributed by atoms with Crippen molar-refractivity contribution in [3.63, 3.8) is 0 Å². The highest BCUT2D eigenvalue weighted by molar-refractivity contribution is 5.94. The molecule has 5 heteroatoms. The van der Waals surface area contributed by atoms with E-state index >= 15 is 0 Å². The number of benzene rings is 1. The molecule has 0 atom stereocenters. The molecule has 0 saturated heterocycles. The van der Waals surface area contributed by atoms with Crippen LogP contribution < -0.4 is 5.73 Å². The smallest absolute Gasteiger partial charge is 0.257 e. The number of hydrogen-bond acceptors (Lipinski definition) is 2. The molecule has 1 aliphatic carbocycles. The van der Waals surface area contributed by atoms with Crippen molar-refractivity contribution in [2.45, 2.75) is 31.7 Å². The molecule has 0 heterocycles. The SMILES string of the molecule is NCCCN(C(=O)c1cccc(F)c1F)C1CCC1. The summed E-state index contributed by atoms with van der Waals surface area (Å²) in [5.74, 6) is -2.49. The van der Waals surface area contributed by atoms with Crippen LogP contribution in [0.1, 0.15) is 36.0 Å². The molecule has 0 aliphatic heterocycles. The lowest BCUT2D eigenvalue weighted by molar-refractivity contribution is 0.0572. The predicted molar refractivity (Wildman–Crippen MR) is 68.7 cm³/mol. The van der Waals surface area contributed by atoms with Crippen LogP contribution in [0.4, 0.5) is 8.78 Å². The minimum Gasteiger partial charge on any atom is -0.336 e. The van der Waals surface area contributed by atoms with E-state index in [1.807, 2.05) is 0 Å². The van der Waals surface area contributed by atoms with E-state index in [0.717, 1.165) is 25.3 Å². The standard InChI is InChI=1S/C14H18F2N2O/c15-12-7-2-6-11(13(12)16)14(19)18(9-3-8-17)10-4-1-5-10/h2,6-7,10H,1,3-5,8-9,17H2. The maximum absolute atomic E-state index is 13.7. The van der Waals surface area contributed by atoms with E-state index in [4.69, 9.17) is 5.73 Å². The highest BCUT2D eigenvalue weighted by Gasteiger charge is 2.30. The Morgan fingerprint density at radius 3 is 2.68 bits per heavy atom. The lowest BCUT2D eigenvalue weighted by atomic mass is 9.90. The summed E-state index contributed by atoms with van der Waals surface area (Å²) in [6, 6.07) is 3.84. The van der Waals surface area contributed by atoms with Crippen molar-refractivity contribution in [3.05, 3.63) is 35.4 Å². The first-order valence-electron chi connectivity index (χ1n) is 6.60. The van der Waals surface area contributed by atoms with E-state index in [-0.39, 0.29) is 11.6 Å². The number of halogens is 2. The summed E-state index contributed by atoms with van der Waals surface area (Å²) >= 11 is 0. The number of hydrogen-bond donors (Lipinski definition) is 1. The van der Waals surface area contributed by atoms with Crippen LogP contribution in [0, 0.1) is 11.6 Å². The van der Waals surface area contributed by atoms with Gasteiger partial charge in [-0.05, 0) is 44.4 Å². The second-order valence-electron chi connectivity index (χ2n) is 4.83. The fourth-order valence-electron chi connectivity index (χ4n) is 2.23. The van der Waals surface area contributed by atoms with Crippen molar-refractivity contribution in [2.24, 2.45) is 5.73 Å². The van der Waals surface area contributed by atoms with Crippen molar-refractivity contribution in [1.29, 1.82) is 0 Å². The van der Waals surface area contributed by atoms with Crippen LogP contribution in [0.3, 0.4) is 0 Å². The lowest BCUT2D eigenvalue weighted by Gasteiger charge is -2.37. The highest BCUT2D eigenvalue weighted by Crippen LogP contribution is 2.27. The van der Waals surface area contributed by atoms with Crippen LogP contribution in [0.2, 0.25) is 0 Å². The topological polar surface area (TPSA) is 46.3 Å². The summed E-state index contributed by atoms with van der Waals surface area (Å²) in [6.45, 7) is 0.970. The summed E-state index contributed by atoms with van der Waals surface area (Å²) in [6.07, 6.45) is 3.59. The fourth-order valence-corrected chi connectivity index (χ4v) is 2.23. The fraction of sp³-hybridized carbons (Fsp3) is 0.500. The summed E-state index contributed by atoms with van der Waals surface area (Å²) in [5, 5.41) is 0. The van der Waals surface area contributed by atoms with Gasteiger partial charge in [0.2, 0.25) is 0 Å². The van der Waals surface area contributed by atoms with E-state index in [0.29, 0.717) is 19.5 Å². The van der Waals surface area contributed by atoms with Gasteiger partial charge in [0.05, 0.1) is 5.56 Å². The zero-order chi connectivity index (χ0) is 13.8. The number of amides is 1. The maximum atomic E-state index is 13.7. The third-order valence-corrected chi connectivity index (χ3v) is 3.56. The minimum absolute atomic E-state index is 0.140. The van der Waals surface area contributed by atoms with E-state index in [1.165, 1.54) is 12.1 Å². The summed E-state index contributed by atoms with van der Waals surface area (Å²) in [7, 11) is 0. The Balaban J connectivity index is 2.20. The Hall–Kier alpha value is -1.49. The van der Waals surface area contributed by atoms with Gasteiger partial charge in [0, 0.05) is 12.6 Å². The number of rotatable bonds is 5. The van der Waals surface area contributed by atoms with Gasteiger partial charge in [0.1, 0.15) is 0 Å². The normalized spacial score (nSPS) is 15.1. The number of nitrogens with zero attached hydrogens (tertiary/aromatic N) is 1. The molecule has 2 N–H and O–H groups in total. The van der Waals surface area contributed by atoms with Gasteiger partial charge in [-0.2, -0.15) is 0 Å². The Morgan fingerprint density at radius 2 is 2.11 bits per heavy atom. The number of nitrogens with two attached hydrogens (primary N) is 1. The molecular weight excluding hydrogens is 250 g/mol. The molecule has 0 aromatic heterocycles. The minimum atomic E-state index is -1.07. The molecule has 1 saturated carbocycles. The number of carbonyl (C=O) groups is 1. The predicted octanol–water partition coefficient (Wildman–Crippen LogP) is 2.31. The van der Waals surface area contributed by atoms with Crippen LogP contribution in [-0.4, -0.2) is 29.9 Å². The van der Waals surface area contributed by atoms with Gasteiger partial charge in [-0.1, -0.05) is 6.07 Å². The first-order valence-corrected chi connectivity index (χ1v) is 6.60. The van der Waals surface area contributed by atoms with Crippen molar-refractivity contribution < 1.29 is 13.6 Å². The Kier molecular flexibility index (Phi) is 4.47.